The molecule has 0 unspecified atom stereocenters. The average Bonchev–Trinajstić information content (AvgIpc) is 3.15. The van der Waals surface area contributed by atoms with Crippen LogP contribution < -0.4 is 10.1 Å². The predicted octanol–water partition coefficient (Wildman–Crippen LogP) is 6.63. The predicted molar refractivity (Wildman–Crippen MR) is 139 cm³/mol. The Morgan fingerprint density at radius 2 is 1.74 bits per heavy atom. The largest absolute Gasteiger partial charge is 0.507 e. The molecule has 0 aliphatic rings. The number of phenols is 1. The fourth-order valence-electron chi connectivity index (χ4n) is 4.07. The normalized spacial score (nSPS) is 11.7. The van der Waals surface area contributed by atoms with Gasteiger partial charge in [-0.05, 0) is 72.7 Å². The Balaban J connectivity index is 1.72. The molecule has 0 radical (unpaired) electrons. The molecule has 5 heteroatoms. The molecule has 2 N–H and O–H groups in total. The van der Waals surface area contributed by atoms with Gasteiger partial charge >= 0.3 is 0 Å². The van der Waals surface area contributed by atoms with Crippen molar-refractivity contribution in [1.82, 2.24) is 10.3 Å². The molecule has 0 spiro atoms. The van der Waals surface area contributed by atoms with E-state index in [-0.39, 0.29) is 5.41 Å². The summed E-state index contributed by atoms with van der Waals surface area (Å²) in [6.45, 7) is 15.1. The molecule has 0 atom stereocenters. The van der Waals surface area contributed by atoms with Gasteiger partial charge in [0, 0.05) is 18.5 Å². The summed E-state index contributed by atoms with van der Waals surface area (Å²) in [7, 11) is 0. The number of aromatic hydroxyl groups is 1. The van der Waals surface area contributed by atoms with Gasteiger partial charge in [-0.15, -0.1) is 0 Å². The molecule has 0 amide bonds. The van der Waals surface area contributed by atoms with E-state index in [2.05, 4.69) is 52.1 Å². The number of nitrogens with zero attached hydrogens (tertiary/aromatic N) is 1. The second-order valence-corrected chi connectivity index (χ2v) is 10.2. The molecule has 0 saturated heterocycles. The molecular weight excluding hydrogens is 424 g/mol. The maximum atomic E-state index is 10.8. The zero-order chi connectivity index (χ0) is 24.7. The summed E-state index contributed by atoms with van der Waals surface area (Å²) in [5.74, 6) is 2.68. The zero-order valence-electron chi connectivity index (χ0n) is 21.6. The van der Waals surface area contributed by atoms with Crippen molar-refractivity contribution in [1.29, 1.82) is 0 Å². The van der Waals surface area contributed by atoms with E-state index in [1.165, 1.54) is 5.56 Å². The van der Waals surface area contributed by atoms with E-state index in [1.807, 2.05) is 31.2 Å². The van der Waals surface area contributed by atoms with E-state index in [0.717, 1.165) is 66.2 Å². The minimum absolute atomic E-state index is 0.0688. The van der Waals surface area contributed by atoms with E-state index < -0.39 is 0 Å². The Hall–Kier alpha value is -2.79. The minimum atomic E-state index is 0.0688. The number of nitrogens with one attached hydrogen (secondary N) is 1. The summed E-state index contributed by atoms with van der Waals surface area (Å²) in [6.07, 6.45) is 3.25. The Morgan fingerprint density at radius 1 is 1.03 bits per heavy atom. The molecule has 0 fully saturated rings. The molecule has 3 rings (SSSR count). The maximum absolute atomic E-state index is 10.8. The number of phenolic OH excluding ortho intramolecular Hbond substituents is 1. The highest BCUT2D eigenvalue weighted by atomic mass is 16.5. The van der Waals surface area contributed by atoms with Gasteiger partial charge in [0.1, 0.15) is 17.3 Å². The van der Waals surface area contributed by atoms with E-state index in [4.69, 9.17) is 14.1 Å². The molecule has 3 aromatic rings. The fraction of sp³-hybridized carbons (Fsp3) is 0.483. The highest BCUT2D eigenvalue weighted by molar-refractivity contribution is 5.61. The van der Waals surface area contributed by atoms with Crippen molar-refractivity contribution in [3.63, 3.8) is 0 Å². The van der Waals surface area contributed by atoms with E-state index >= 15 is 0 Å². The van der Waals surface area contributed by atoms with Crippen molar-refractivity contribution in [3.05, 3.63) is 64.5 Å². The van der Waals surface area contributed by atoms with Crippen molar-refractivity contribution in [2.24, 2.45) is 5.41 Å². The standard InChI is InChI=1S/C29H40N2O3/c1-7-9-22-16-23(17-24(27(22)32)18-29(4,5)6)28-31-26(20(3)34-28)14-15-33-25-12-10-21(11-13-25)19-30-8-2/h10-13,16-17,30,32H,7-9,14-15,18-19H2,1-6H3. The molecule has 1 heterocycles. The van der Waals surface area contributed by atoms with Gasteiger partial charge < -0.3 is 19.6 Å². The first-order valence-electron chi connectivity index (χ1n) is 12.4. The first-order valence-corrected chi connectivity index (χ1v) is 12.4. The number of rotatable bonds is 11. The van der Waals surface area contributed by atoms with Crippen LogP contribution >= 0.6 is 0 Å². The quantitative estimate of drug-likeness (QED) is 0.333. The van der Waals surface area contributed by atoms with Gasteiger partial charge in [-0.1, -0.05) is 53.2 Å². The second-order valence-electron chi connectivity index (χ2n) is 10.2. The van der Waals surface area contributed by atoms with E-state index in [1.54, 1.807) is 0 Å². The summed E-state index contributed by atoms with van der Waals surface area (Å²) in [4.78, 5) is 4.79. The lowest BCUT2D eigenvalue weighted by atomic mass is 9.86. The lowest BCUT2D eigenvalue weighted by molar-refractivity contribution is 0.320. The summed E-state index contributed by atoms with van der Waals surface area (Å²) < 4.78 is 12.0. The number of aromatic nitrogens is 1. The number of oxazole rings is 1. The van der Waals surface area contributed by atoms with Crippen molar-refractivity contribution in [3.8, 4) is 23.0 Å². The lowest BCUT2D eigenvalue weighted by Crippen LogP contribution is -2.11. The highest BCUT2D eigenvalue weighted by Crippen LogP contribution is 2.35. The number of aryl methyl sites for hydroxylation is 2. The Morgan fingerprint density at radius 3 is 2.38 bits per heavy atom. The van der Waals surface area contributed by atoms with Crippen molar-refractivity contribution >= 4 is 0 Å². The molecule has 34 heavy (non-hydrogen) atoms. The molecule has 0 aliphatic carbocycles. The molecule has 5 nitrogen and oxygen atoms in total. The first-order chi connectivity index (χ1) is 16.2. The number of hydrogen-bond donors (Lipinski definition) is 2. The summed E-state index contributed by atoms with van der Waals surface area (Å²) in [5, 5.41) is 14.2. The fourth-order valence-corrected chi connectivity index (χ4v) is 4.07. The average molecular weight is 465 g/mol. The summed E-state index contributed by atoms with van der Waals surface area (Å²) >= 11 is 0. The molecule has 184 valence electrons. The van der Waals surface area contributed by atoms with Gasteiger partial charge in [0.25, 0.3) is 0 Å². The van der Waals surface area contributed by atoms with Crippen LogP contribution in [0.1, 0.15) is 69.2 Å². The van der Waals surface area contributed by atoms with Crippen LogP contribution in [0.15, 0.2) is 40.8 Å². The van der Waals surface area contributed by atoms with E-state index in [0.29, 0.717) is 24.7 Å². The molecule has 0 bridgehead atoms. The smallest absolute Gasteiger partial charge is 0.226 e. The number of hydrogen-bond acceptors (Lipinski definition) is 5. The van der Waals surface area contributed by atoms with Crippen LogP contribution in [0.2, 0.25) is 0 Å². The van der Waals surface area contributed by atoms with Gasteiger partial charge in [0.05, 0.1) is 12.3 Å². The Labute approximate surface area is 204 Å². The third-order valence-electron chi connectivity index (χ3n) is 5.76. The van der Waals surface area contributed by atoms with Crippen LogP contribution in [0.3, 0.4) is 0 Å². The highest BCUT2D eigenvalue weighted by Gasteiger charge is 2.20. The number of benzene rings is 2. The van der Waals surface area contributed by atoms with Gasteiger partial charge in [-0.3, -0.25) is 0 Å². The van der Waals surface area contributed by atoms with Crippen LogP contribution in [0.4, 0.5) is 0 Å². The lowest BCUT2D eigenvalue weighted by Gasteiger charge is -2.20. The maximum Gasteiger partial charge on any atom is 0.226 e. The topological polar surface area (TPSA) is 67.5 Å². The molecule has 1 aromatic heterocycles. The Kier molecular flexibility index (Phi) is 8.78. The van der Waals surface area contributed by atoms with Gasteiger partial charge in [-0.25, -0.2) is 4.98 Å². The van der Waals surface area contributed by atoms with Gasteiger partial charge in [-0.2, -0.15) is 0 Å². The van der Waals surface area contributed by atoms with Crippen LogP contribution in [0.25, 0.3) is 11.5 Å². The Bertz CT molecular complexity index is 1060. The van der Waals surface area contributed by atoms with Gasteiger partial charge in [0.15, 0.2) is 0 Å². The molecule has 0 aliphatic heterocycles. The van der Waals surface area contributed by atoms with Crippen molar-refractivity contribution in [2.75, 3.05) is 13.2 Å². The first kappa shape index (κ1) is 25.8. The van der Waals surface area contributed by atoms with Crippen LogP contribution in [0, 0.1) is 12.3 Å². The van der Waals surface area contributed by atoms with Crippen LogP contribution in [-0.2, 0) is 25.8 Å². The molecule has 0 saturated carbocycles. The van der Waals surface area contributed by atoms with Crippen LogP contribution in [0.5, 0.6) is 11.5 Å². The van der Waals surface area contributed by atoms with Crippen molar-refractivity contribution < 1.29 is 14.3 Å². The number of ether oxygens (including phenoxy) is 1. The molecule has 2 aromatic carbocycles. The SMILES string of the molecule is CCCc1cc(-c2nc(CCOc3ccc(CNCC)cc3)c(C)o2)cc(CC(C)(C)C)c1O. The third-order valence-corrected chi connectivity index (χ3v) is 5.76. The summed E-state index contributed by atoms with van der Waals surface area (Å²) in [6, 6.07) is 12.2. The minimum Gasteiger partial charge on any atom is -0.507 e. The second kappa shape index (κ2) is 11.6. The van der Waals surface area contributed by atoms with Gasteiger partial charge in [0.2, 0.25) is 5.89 Å². The van der Waals surface area contributed by atoms with Crippen molar-refractivity contribution in [2.45, 2.75) is 73.8 Å². The van der Waals surface area contributed by atoms with Crippen LogP contribution in [-0.4, -0.2) is 23.2 Å². The third kappa shape index (κ3) is 7.10. The molecular formula is C29H40N2O3. The van der Waals surface area contributed by atoms with E-state index in [9.17, 15) is 5.11 Å². The zero-order valence-corrected chi connectivity index (χ0v) is 21.6. The monoisotopic (exact) mass is 464 g/mol. The summed E-state index contributed by atoms with van der Waals surface area (Å²) in [5.41, 5.74) is 5.05.